The van der Waals surface area contributed by atoms with Gasteiger partial charge >= 0.3 is 0 Å². The van der Waals surface area contributed by atoms with Gasteiger partial charge in [0.05, 0.1) is 20.1 Å². The summed E-state index contributed by atoms with van der Waals surface area (Å²) in [5, 5.41) is 19.3. The fourth-order valence-electron chi connectivity index (χ4n) is 2.90. The van der Waals surface area contributed by atoms with Crippen molar-refractivity contribution in [1.82, 2.24) is 0 Å². The number of hydrogen-bond donors (Lipinski definition) is 2. The third-order valence-corrected chi connectivity index (χ3v) is 3.95. The molecule has 0 unspecified atom stereocenters. The zero-order valence-electron chi connectivity index (χ0n) is 13.2. The fourth-order valence-corrected chi connectivity index (χ4v) is 2.90. The van der Waals surface area contributed by atoms with Crippen molar-refractivity contribution >= 4 is 0 Å². The molecule has 0 aromatic heterocycles. The van der Waals surface area contributed by atoms with E-state index in [1.54, 1.807) is 25.3 Å². The molecule has 0 radical (unpaired) electrons. The van der Waals surface area contributed by atoms with Crippen LogP contribution in [0, 0.1) is 11.3 Å². The number of fused-ring (bicyclic) bond motifs is 1. The van der Waals surface area contributed by atoms with Gasteiger partial charge in [-0.2, -0.15) is 5.26 Å². The van der Waals surface area contributed by atoms with Gasteiger partial charge in [0.1, 0.15) is 23.1 Å². The molecule has 1 aliphatic rings. The predicted molar refractivity (Wildman–Crippen MR) is 87.0 cm³/mol. The van der Waals surface area contributed by atoms with E-state index in [-0.39, 0.29) is 17.2 Å². The van der Waals surface area contributed by atoms with Crippen LogP contribution in [-0.2, 0) is 0 Å². The van der Waals surface area contributed by atoms with Gasteiger partial charge in [0.25, 0.3) is 0 Å². The molecule has 122 valence electrons. The summed E-state index contributed by atoms with van der Waals surface area (Å²) in [7, 11) is 3.09. The smallest absolute Gasteiger partial charge is 0.205 e. The molecule has 24 heavy (non-hydrogen) atoms. The Morgan fingerprint density at radius 1 is 1.17 bits per heavy atom. The fraction of sp³-hybridized carbons (Fsp3) is 0.167. The van der Waals surface area contributed by atoms with Gasteiger partial charge < -0.3 is 25.1 Å². The van der Waals surface area contributed by atoms with Crippen LogP contribution in [-0.4, -0.2) is 19.3 Å². The monoisotopic (exact) mass is 324 g/mol. The molecule has 0 amide bonds. The normalized spacial score (nSPS) is 16.0. The topological polar surface area (TPSA) is 97.7 Å². The van der Waals surface area contributed by atoms with Gasteiger partial charge in [-0.25, -0.2) is 0 Å². The Balaban J connectivity index is 2.29. The average Bonchev–Trinajstić information content (AvgIpc) is 2.59. The number of hydrogen-bond acceptors (Lipinski definition) is 6. The van der Waals surface area contributed by atoms with E-state index < -0.39 is 5.92 Å². The number of ether oxygens (including phenoxy) is 3. The predicted octanol–water partition coefficient (Wildman–Crippen LogP) is 2.63. The first-order valence-corrected chi connectivity index (χ1v) is 7.22. The van der Waals surface area contributed by atoms with Crippen LogP contribution in [0.3, 0.4) is 0 Å². The van der Waals surface area contributed by atoms with Crippen LogP contribution in [0.5, 0.6) is 23.0 Å². The van der Waals surface area contributed by atoms with Crippen molar-refractivity contribution in [3.63, 3.8) is 0 Å². The van der Waals surface area contributed by atoms with Crippen molar-refractivity contribution in [1.29, 1.82) is 5.26 Å². The molecule has 1 aliphatic heterocycles. The second-order valence-electron chi connectivity index (χ2n) is 5.23. The second kappa shape index (κ2) is 6.05. The van der Waals surface area contributed by atoms with Gasteiger partial charge in [0.15, 0.2) is 11.5 Å². The summed E-state index contributed by atoms with van der Waals surface area (Å²) in [5.41, 5.74) is 7.64. The summed E-state index contributed by atoms with van der Waals surface area (Å²) >= 11 is 0. The van der Waals surface area contributed by atoms with E-state index in [4.69, 9.17) is 19.9 Å². The van der Waals surface area contributed by atoms with E-state index in [2.05, 4.69) is 6.07 Å². The molecule has 6 nitrogen and oxygen atoms in total. The zero-order valence-corrected chi connectivity index (χ0v) is 13.2. The van der Waals surface area contributed by atoms with E-state index in [0.717, 1.165) is 5.56 Å². The molecule has 2 aromatic carbocycles. The highest BCUT2D eigenvalue weighted by molar-refractivity contribution is 5.61. The van der Waals surface area contributed by atoms with E-state index in [0.29, 0.717) is 22.8 Å². The highest BCUT2D eigenvalue weighted by Crippen LogP contribution is 2.47. The largest absolute Gasteiger partial charge is 0.508 e. The lowest BCUT2D eigenvalue weighted by Crippen LogP contribution is -2.21. The number of rotatable bonds is 3. The average molecular weight is 324 g/mol. The molecule has 0 spiro atoms. The molecule has 2 aromatic rings. The maximum Gasteiger partial charge on any atom is 0.205 e. The number of benzene rings is 2. The molecule has 0 saturated heterocycles. The number of para-hydroxylation sites is 1. The molecule has 3 rings (SSSR count). The molecule has 0 fully saturated rings. The number of methoxy groups -OCH3 is 2. The lowest BCUT2D eigenvalue weighted by molar-refractivity contribution is 0.349. The van der Waals surface area contributed by atoms with Crippen LogP contribution in [0.15, 0.2) is 47.9 Å². The van der Waals surface area contributed by atoms with Gasteiger partial charge in [0.2, 0.25) is 5.88 Å². The molecular formula is C18H16N2O4. The summed E-state index contributed by atoms with van der Waals surface area (Å²) < 4.78 is 16.3. The maximum absolute atomic E-state index is 9.69. The highest BCUT2D eigenvalue weighted by Gasteiger charge is 2.33. The molecular weight excluding hydrogens is 308 g/mol. The number of phenolic OH excluding ortho intramolecular Hbond substituents is 1. The molecule has 0 aliphatic carbocycles. The lowest BCUT2D eigenvalue weighted by Gasteiger charge is -2.27. The van der Waals surface area contributed by atoms with Crippen molar-refractivity contribution in [2.24, 2.45) is 5.73 Å². The van der Waals surface area contributed by atoms with Crippen LogP contribution in [0.1, 0.15) is 17.0 Å². The Labute approximate surface area is 139 Å². The van der Waals surface area contributed by atoms with Crippen LogP contribution < -0.4 is 19.9 Å². The van der Waals surface area contributed by atoms with Crippen molar-refractivity contribution < 1.29 is 19.3 Å². The van der Waals surface area contributed by atoms with Crippen LogP contribution in [0.4, 0.5) is 0 Å². The summed E-state index contributed by atoms with van der Waals surface area (Å²) in [6.07, 6.45) is 0. The first-order chi connectivity index (χ1) is 11.6. The number of aromatic hydroxyl groups is 1. The molecule has 1 heterocycles. The molecule has 0 bridgehead atoms. The second-order valence-corrected chi connectivity index (χ2v) is 5.23. The molecule has 6 heteroatoms. The van der Waals surface area contributed by atoms with E-state index in [1.807, 2.05) is 12.1 Å². The lowest BCUT2D eigenvalue weighted by atomic mass is 9.83. The third-order valence-electron chi connectivity index (χ3n) is 3.95. The number of allylic oxidation sites excluding steroid dienone is 1. The van der Waals surface area contributed by atoms with E-state index in [1.165, 1.54) is 13.2 Å². The maximum atomic E-state index is 9.69. The third kappa shape index (κ3) is 2.36. The SMILES string of the molecule is COc1cccc([C@@H]2C(C#N)=C(N)Oc3cc(O)ccc32)c1OC. The minimum atomic E-state index is -0.482. The Hall–Kier alpha value is -3.33. The Morgan fingerprint density at radius 2 is 1.96 bits per heavy atom. The Kier molecular flexibility index (Phi) is 3.92. The first-order valence-electron chi connectivity index (χ1n) is 7.22. The number of nitriles is 1. The molecule has 0 saturated carbocycles. The summed E-state index contributed by atoms with van der Waals surface area (Å²) in [4.78, 5) is 0. The van der Waals surface area contributed by atoms with Crippen LogP contribution in [0.2, 0.25) is 0 Å². The zero-order chi connectivity index (χ0) is 17.3. The van der Waals surface area contributed by atoms with Gasteiger partial charge in [-0.15, -0.1) is 0 Å². The first kappa shape index (κ1) is 15.6. The quantitative estimate of drug-likeness (QED) is 0.900. The number of phenols is 1. The number of nitrogens with two attached hydrogens (primary N) is 1. The van der Waals surface area contributed by atoms with E-state index >= 15 is 0 Å². The summed E-state index contributed by atoms with van der Waals surface area (Å²) in [5.74, 6) is 1.05. The molecule has 3 N–H and O–H groups in total. The van der Waals surface area contributed by atoms with Crippen LogP contribution in [0.25, 0.3) is 0 Å². The summed E-state index contributed by atoms with van der Waals surface area (Å²) in [6.45, 7) is 0. The van der Waals surface area contributed by atoms with Gasteiger partial charge in [-0.1, -0.05) is 18.2 Å². The van der Waals surface area contributed by atoms with Crippen molar-refractivity contribution in [3.8, 4) is 29.1 Å². The van der Waals surface area contributed by atoms with Gasteiger partial charge in [-0.3, -0.25) is 0 Å². The van der Waals surface area contributed by atoms with E-state index in [9.17, 15) is 10.4 Å². The Bertz CT molecular complexity index is 868. The van der Waals surface area contributed by atoms with Crippen molar-refractivity contribution in [3.05, 3.63) is 59.0 Å². The van der Waals surface area contributed by atoms with Crippen LogP contribution >= 0.6 is 0 Å². The Morgan fingerprint density at radius 3 is 2.62 bits per heavy atom. The minimum absolute atomic E-state index is 0.00507. The van der Waals surface area contributed by atoms with Crippen molar-refractivity contribution in [2.45, 2.75) is 5.92 Å². The van der Waals surface area contributed by atoms with Gasteiger partial charge in [-0.05, 0) is 12.1 Å². The molecule has 1 atom stereocenters. The number of nitrogens with zero attached hydrogens (tertiary/aromatic N) is 1. The minimum Gasteiger partial charge on any atom is -0.508 e. The standard InChI is InChI=1S/C18H16N2O4/c1-22-14-5-3-4-12(17(14)23-2)16-11-7-6-10(21)8-15(11)24-18(20)13(16)9-19/h3-8,16,21H,20H2,1-2H3/t16-/m1/s1. The van der Waals surface area contributed by atoms with Gasteiger partial charge in [0, 0.05) is 17.2 Å². The summed E-state index contributed by atoms with van der Waals surface area (Å²) in [6, 6.07) is 12.3. The van der Waals surface area contributed by atoms with Crippen molar-refractivity contribution in [2.75, 3.05) is 14.2 Å². The highest BCUT2D eigenvalue weighted by atomic mass is 16.5.